The number of nitrogens with zero attached hydrogens (tertiary/aromatic N) is 3. The SMILES string of the molecule is COc1cncc(-c2ccc(N3CCOCC3)c(C#N)c2)c1. The van der Waals surface area contributed by atoms with Gasteiger partial charge in [-0.1, -0.05) is 6.07 Å². The molecule has 1 saturated heterocycles. The highest BCUT2D eigenvalue weighted by molar-refractivity contribution is 5.71. The number of benzene rings is 1. The standard InChI is InChI=1S/C17H17N3O2/c1-21-16-9-15(11-19-12-16)13-2-3-17(14(8-13)10-18)20-4-6-22-7-5-20/h2-3,8-9,11-12H,4-7H2,1H3. The first-order chi connectivity index (χ1) is 10.8. The van der Waals surface area contributed by atoms with Crippen molar-refractivity contribution in [3.8, 4) is 22.9 Å². The van der Waals surface area contributed by atoms with Crippen LogP contribution >= 0.6 is 0 Å². The molecular formula is C17H17N3O2. The third kappa shape index (κ3) is 2.87. The lowest BCUT2D eigenvalue weighted by atomic mass is 10.0. The highest BCUT2D eigenvalue weighted by Gasteiger charge is 2.15. The number of ether oxygens (including phenoxy) is 2. The van der Waals surface area contributed by atoms with Gasteiger partial charge in [0, 0.05) is 24.8 Å². The second kappa shape index (κ2) is 6.46. The molecule has 0 spiro atoms. The largest absolute Gasteiger partial charge is 0.495 e. The molecule has 0 bridgehead atoms. The minimum Gasteiger partial charge on any atom is -0.495 e. The van der Waals surface area contributed by atoms with Crippen molar-refractivity contribution in [2.75, 3.05) is 38.3 Å². The first-order valence-electron chi connectivity index (χ1n) is 7.18. The Hall–Kier alpha value is -2.58. The van der Waals surface area contributed by atoms with Gasteiger partial charge in [0.25, 0.3) is 0 Å². The molecule has 5 heteroatoms. The molecular weight excluding hydrogens is 278 g/mol. The van der Waals surface area contributed by atoms with Gasteiger partial charge >= 0.3 is 0 Å². The van der Waals surface area contributed by atoms with Crippen molar-refractivity contribution in [3.05, 3.63) is 42.2 Å². The third-order valence-electron chi connectivity index (χ3n) is 3.75. The molecule has 2 heterocycles. The Kier molecular flexibility index (Phi) is 4.22. The summed E-state index contributed by atoms with van der Waals surface area (Å²) in [5, 5.41) is 9.47. The molecule has 3 rings (SSSR count). The maximum Gasteiger partial charge on any atom is 0.137 e. The van der Waals surface area contributed by atoms with E-state index in [9.17, 15) is 5.26 Å². The lowest BCUT2D eigenvalue weighted by Gasteiger charge is -2.29. The van der Waals surface area contributed by atoms with Gasteiger partial charge in [0.2, 0.25) is 0 Å². The molecule has 1 aliphatic rings. The van der Waals surface area contributed by atoms with Crippen LogP contribution in [-0.2, 0) is 4.74 Å². The lowest BCUT2D eigenvalue weighted by molar-refractivity contribution is 0.122. The molecule has 0 amide bonds. The fourth-order valence-corrected chi connectivity index (χ4v) is 2.57. The van der Waals surface area contributed by atoms with Crippen LogP contribution in [0, 0.1) is 11.3 Å². The van der Waals surface area contributed by atoms with Gasteiger partial charge in [-0.05, 0) is 23.8 Å². The van der Waals surface area contributed by atoms with E-state index in [0.717, 1.165) is 29.9 Å². The molecule has 0 unspecified atom stereocenters. The number of pyridine rings is 1. The van der Waals surface area contributed by atoms with Crippen LogP contribution in [0.25, 0.3) is 11.1 Å². The van der Waals surface area contributed by atoms with Gasteiger partial charge in [0.15, 0.2) is 0 Å². The summed E-state index contributed by atoms with van der Waals surface area (Å²) < 4.78 is 10.6. The Morgan fingerprint density at radius 3 is 2.73 bits per heavy atom. The second-order valence-electron chi connectivity index (χ2n) is 5.06. The molecule has 0 N–H and O–H groups in total. The summed E-state index contributed by atoms with van der Waals surface area (Å²) in [6, 6.07) is 10.1. The Labute approximate surface area is 129 Å². The third-order valence-corrected chi connectivity index (χ3v) is 3.75. The van der Waals surface area contributed by atoms with Gasteiger partial charge < -0.3 is 14.4 Å². The van der Waals surface area contributed by atoms with E-state index >= 15 is 0 Å². The van der Waals surface area contributed by atoms with Crippen molar-refractivity contribution >= 4 is 5.69 Å². The number of morpholine rings is 1. The molecule has 0 aliphatic carbocycles. The van der Waals surface area contributed by atoms with Crippen molar-refractivity contribution in [2.45, 2.75) is 0 Å². The minimum absolute atomic E-state index is 0.669. The number of aromatic nitrogens is 1. The van der Waals surface area contributed by atoms with E-state index in [4.69, 9.17) is 9.47 Å². The monoisotopic (exact) mass is 295 g/mol. The molecule has 0 saturated carbocycles. The topological polar surface area (TPSA) is 58.4 Å². The summed E-state index contributed by atoms with van der Waals surface area (Å²) in [6.07, 6.45) is 3.43. The summed E-state index contributed by atoms with van der Waals surface area (Å²) in [6.45, 7) is 3.03. The second-order valence-corrected chi connectivity index (χ2v) is 5.06. The van der Waals surface area contributed by atoms with Gasteiger partial charge in [-0.2, -0.15) is 5.26 Å². The first-order valence-corrected chi connectivity index (χ1v) is 7.18. The van der Waals surface area contributed by atoms with E-state index < -0.39 is 0 Å². The van der Waals surface area contributed by atoms with E-state index in [1.54, 1.807) is 19.5 Å². The van der Waals surface area contributed by atoms with Crippen LogP contribution in [0.5, 0.6) is 5.75 Å². The zero-order chi connectivity index (χ0) is 15.4. The van der Waals surface area contributed by atoms with Crippen LogP contribution in [0.2, 0.25) is 0 Å². The summed E-state index contributed by atoms with van der Waals surface area (Å²) in [7, 11) is 1.61. The fraction of sp³-hybridized carbons (Fsp3) is 0.294. The molecule has 22 heavy (non-hydrogen) atoms. The van der Waals surface area contributed by atoms with Crippen molar-refractivity contribution in [2.24, 2.45) is 0 Å². The fourth-order valence-electron chi connectivity index (χ4n) is 2.57. The normalized spacial score (nSPS) is 14.5. The van der Waals surface area contributed by atoms with Crippen LogP contribution in [0.3, 0.4) is 0 Å². The highest BCUT2D eigenvalue weighted by Crippen LogP contribution is 2.29. The first kappa shape index (κ1) is 14.4. The Morgan fingerprint density at radius 2 is 2.00 bits per heavy atom. The predicted octanol–water partition coefficient (Wildman–Crippen LogP) is 2.47. The molecule has 1 fully saturated rings. The van der Waals surface area contributed by atoms with Crippen LogP contribution in [0.4, 0.5) is 5.69 Å². The van der Waals surface area contributed by atoms with Gasteiger partial charge in [-0.25, -0.2) is 0 Å². The Balaban J connectivity index is 1.96. The van der Waals surface area contributed by atoms with Crippen molar-refractivity contribution in [1.82, 2.24) is 4.98 Å². The predicted molar refractivity (Wildman–Crippen MR) is 84.0 cm³/mol. The van der Waals surface area contributed by atoms with Gasteiger partial charge in [0.1, 0.15) is 11.8 Å². The van der Waals surface area contributed by atoms with Gasteiger partial charge in [0.05, 0.1) is 37.8 Å². The molecule has 2 aromatic rings. The van der Waals surface area contributed by atoms with Crippen molar-refractivity contribution in [1.29, 1.82) is 5.26 Å². The Morgan fingerprint density at radius 1 is 1.18 bits per heavy atom. The van der Waals surface area contributed by atoms with Crippen molar-refractivity contribution < 1.29 is 9.47 Å². The molecule has 0 atom stereocenters. The summed E-state index contributed by atoms with van der Waals surface area (Å²) in [5.74, 6) is 0.702. The number of methoxy groups -OCH3 is 1. The molecule has 1 aromatic carbocycles. The lowest BCUT2D eigenvalue weighted by Crippen LogP contribution is -2.36. The highest BCUT2D eigenvalue weighted by atomic mass is 16.5. The molecule has 112 valence electrons. The summed E-state index contributed by atoms with van der Waals surface area (Å²) in [5.41, 5.74) is 3.52. The van der Waals surface area contributed by atoms with Gasteiger partial charge in [-0.3, -0.25) is 4.98 Å². The molecule has 5 nitrogen and oxygen atoms in total. The molecule has 1 aromatic heterocycles. The summed E-state index contributed by atoms with van der Waals surface area (Å²) in [4.78, 5) is 6.35. The average molecular weight is 295 g/mol. The number of nitriles is 1. The smallest absolute Gasteiger partial charge is 0.137 e. The van der Waals surface area contributed by atoms with Crippen LogP contribution in [0.15, 0.2) is 36.7 Å². The van der Waals surface area contributed by atoms with E-state index in [0.29, 0.717) is 24.5 Å². The van der Waals surface area contributed by atoms with E-state index in [2.05, 4.69) is 16.0 Å². The number of anilines is 1. The van der Waals surface area contributed by atoms with Crippen LogP contribution in [0.1, 0.15) is 5.56 Å². The quantitative estimate of drug-likeness (QED) is 0.870. The number of hydrogen-bond donors (Lipinski definition) is 0. The van der Waals surface area contributed by atoms with Gasteiger partial charge in [-0.15, -0.1) is 0 Å². The summed E-state index contributed by atoms with van der Waals surface area (Å²) >= 11 is 0. The number of hydrogen-bond acceptors (Lipinski definition) is 5. The van der Waals surface area contributed by atoms with Crippen LogP contribution in [-0.4, -0.2) is 38.4 Å². The van der Waals surface area contributed by atoms with E-state index in [1.165, 1.54) is 0 Å². The van der Waals surface area contributed by atoms with Crippen LogP contribution < -0.4 is 9.64 Å². The average Bonchev–Trinajstić information content (AvgIpc) is 2.62. The van der Waals surface area contributed by atoms with E-state index in [1.807, 2.05) is 24.3 Å². The Bertz CT molecular complexity index is 703. The minimum atomic E-state index is 0.669. The molecule has 0 radical (unpaired) electrons. The maximum absolute atomic E-state index is 9.47. The zero-order valence-electron chi connectivity index (χ0n) is 12.5. The van der Waals surface area contributed by atoms with Crippen molar-refractivity contribution in [3.63, 3.8) is 0 Å². The van der Waals surface area contributed by atoms with E-state index in [-0.39, 0.29) is 0 Å². The molecule has 1 aliphatic heterocycles. The zero-order valence-corrected chi connectivity index (χ0v) is 12.5. The maximum atomic E-state index is 9.47. The number of rotatable bonds is 3.